The van der Waals surface area contributed by atoms with Crippen LogP contribution in [0.25, 0.3) is 10.9 Å². The van der Waals surface area contributed by atoms with Crippen LogP contribution in [0.15, 0.2) is 29.1 Å². The van der Waals surface area contributed by atoms with Gasteiger partial charge in [-0.05, 0) is 12.1 Å². The summed E-state index contributed by atoms with van der Waals surface area (Å²) in [4.78, 5) is 28.4. The van der Waals surface area contributed by atoms with Crippen LogP contribution in [0.4, 0.5) is 0 Å². The van der Waals surface area contributed by atoms with E-state index in [1.54, 1.807) is 25.1 Å². The second kappa shape index (κ2) is 5.22. The highest BCUT2D eigenvalue weighted by Crippen LogP contribution is 2.13. The molecule has 0 unspecified atom stereocenters. The molecule has 0 saturated carbocycles. The van der Waals surface area contributed by atoms with E-state index >= 15 is 0 Å². The Hall–Kier alpha value is -2.17. The number of amides is 1. The van der Waals surface area contributed by atoms with E-state index in [0.717, 1.165) is 0 Å². The first-order chi connectivity index (χ1) is 9.04. The van der Waals surface area contributed by atoms with Gasteiger partial charge in [-0.1, -0.05) is 32.9 Å². The average Bonchev–Trinajstić information content (AvgIpc) is 2.41. The molecule has 0 aliphatic heterocycles. The number of carbonyl (C=O) groups is 1. The predicted octanol–water partition coefficient (Wildman–Crippen LogP) is 2.00. The standard InChI is InChI=1S/C14H17N3O2/c1-4-12(18)16-17-13(9(2)3)15-11-8-6-5-7-10(11)14(17)19/h5-9H,4H2,1-3H3,(H,16,18). The number of para-hydroxylation sites is 1. The number of benzene rings is 1. The zero-order valence-corrected chi connectivity index (χ0v) is 11.3. The van der Waals surface area contributed by atoms with Crippen LogP contribution in [0.1, 0.15) is 38.9 Å². The van der Waals surface area contributed by atoms with Crippen molar-refractivity contribution in [2.24, 2.45) is 0 Å². The van der Waals surface area contributed by atoms with Gasteiger partial charge >= 0.3 is 0 Å². The van der Waals surface area contributed by atoms with Gasteiger partial charge < -0.3 is 0 Å². The fraction of sp³-hybridized carbons (Fsp3) is 0.357. The minimum absolute atomic E-state index is 0.0365. The van der Waals surface area contributed by atoms with Crippen LogP contribution >= 0.6 is 0 Å². The molecule has 1 amide bonds. The van der Waals surface area contributed by atoms with Gasteiger partial charge in [-0.15, -0.1) is 0 Å². The van der Waals surface area contributed by atoms with Crippen LogP contribution in [0.5, 0.6) is 0 Å². The number of nitrogens with zero attached hydrogens (tertiary/aromatic N) is 2. The molecule has 0 radical (unpaired) electrons. The Morgan fingerprint density at radius 1 is 1.37 bits per heavy atom. The lowest BCUT2D eigenvalue weighted by atomic mass is 10.2. The van der Waals surface area contributed by atoms with E-state index in [0.29, 0.717) is 23.1 Å². The van der Waals surface area contributed by atoms with Crippen molar-refractivity contribution in [2.45, 2.75) is 33.1 Å². The van der Waals surface area contributed by atoms with Crippen molar-refractivity contribution in [1.82, 2.24) is 9.66 Å². The lowest BCUT2D eigenvalue weighted by Crippen LogP contribution is -2.36. The molecule has 1 heterocycles. The molecule has 1 N–H and O–H groups in total. The third-order valence-electron chi connectivity index (χ3n) is 2.88. The van der Waals surface area contributed by atoms with Crippen molar-refractivity contribution >= 4 is 16.8 Å². The summed E-state index contributed by atoms with van der Waals surface area (Å²) in [5.74, 6) is 0.390. The lowest BCUT2D eigenvalue weighted by molar-refractivity contribution is -0.116. The molecule has 0 aliphatic rings. The number of fused-ring (bicyclic) bond motifs is 1. The first-order valence-corrected chi connectivity index (χ1v) is 6.36. The fourth-order valence-corrected chi connectivity index (χ4v) is 1.85. The summed E-state index contributed by atoms with van der Waals surface area (Å²) in [6, 6.07) is 7.14. The first-order valence-electron chi connectivity index (χ1n) is 6.36. The maximum Gasteiger partial charge on any atom is 0.280 e. The van der Waals surface area contributed by atoms with Gasteiger partial charge in [0.25, 0.3) is 5.56 Å². The summed E-state index contributed by atoms with van der Waals surface area (Å²) in [5, 5.41) is 0.503. The predicted molar refractivity (Wildman–Crippen MR) is 74.8 cm³/mol. The number of hydrogen-bond donors (Lipinski definition) is 1. The maximum atomic E-state index is 12.4. The van der Waals surface area contributed by atoms with Crippen LogP contribution < -0.4 is 11.0 Å². The third-order valence-corrected chi connectivity index (χ3v) is 2.88. The highest BCUT2D eigenvalue weighted by atomic mass is 16.2. The van der Waals surface area contributed by atoms with Gasteiger partial charge in [0.2, 0.25) is 5.91 Å². The average molecular weight is 259 g/mol. The molecule has 0 saturated heterocycles. The Morgan fingerprint density at radius 2 is 2.05 bits per heavy atom. The minimum Gasteiger partial charge on any atom is -0.273 e. The smallest absolute Gasteiger partial charge is 0.273 e. The molecule has 2 rings (SSSR count). The van der Waals surface area contributed by atoms with Gasteiger partial charge in [0.05, 0.1) is 10.9 Å². The van der Waals surface area contributed by atoms with E-state index in [1.807, 2.05) is 19.9 Å². The second-order valence-electron chi connectivity index (χ2n) is 4.67. The van der Waals surface area contributed by atoms with Crippen LogP contribution in [-0.2, 0) is 4.79 Å². The number of aromatic nitrogens is 2. The lowest BCUT2D eigenvalue weighted by Gasteiger charge is -2.16. The molecule has 1 aromatic carbocycles. The van der Waals surface area contributed by atoms with Crippen molar-refractivity contribution in [3.05, 3.63) is 40.4 Å². The fourth-order valence-electron chi connectivity index (χ4n) is 1.85. The van der Waals surface area contributed by atoms with Crippen LogP contribution in [0, 0.1) is 0 Å². The zero-order chi connectivity index (χ0) is 14.0. The molecule has 2 aromatic rings. The van der Waals surface area contributed by atoms with E-state index < -0.39 is 0 Å². The molecule has 1 aromatic heterocycles. The molecule has 5 heteroatoms. The molecule has 5 nitrogen and oxygen atoms in total. The van der Waals surface area contributed by atoms with Crippen LogP contribution in [0.3, 0.4) is 0 Å². The van der Waals surface area contributed by atoms with Crippen molar-refractivity contribution in [2.75, 3.05) is 5.43 Å². The van der Waals surface area contributed by atoms with Gasteiger partial charge in [0.15, 0.2) is 0 Å². The van der Waals surface area contributed by atoms with E-state index in [4.69, 9.17) is 0 Å². The van der Waals surface area contributed by atoms with E-state index in [9.17, 15) is 9.59 Å². The highest BCUT2D eigenvalue weighted by Gasteiger charge is 2.14. The largest absolute Gasteiger partial charge is 0.280 e. The summed E-state index contributed by atoms with van der Waals surface area (Å²) in [5.41, 5.74) is 3.02. The first kappa shape index (κ1) is 13.3. The molecular weight excluding hydrogens is 242 g/mol. The van der Waals surface area contributed by atoms with Crippen LogP contribution in [0.2, 0.25) is 0 Å². The van der Waals surface area contributed by atoms with E-state index in [2.05, 4.69) is 10.4 Å². The number of carbonyl (C=O) groups excluding carboxylic acids is 1. The Bertz CT molecular complexity index is 674. The van der Waals surface area contributed by atoms with E-state index in [-0.39, 0.29) is 17.4 Å². The minimum atomic E-state index is -0.240. The summed E-state index contributed by atoms with van der Waals surface area (Å²) in [6.45, 7) is 5.61. The van der Waals surface area contributed by atoms with Crippen molar-refractivity contribution in [3.63, 3.8) is 0 Å². The Balaban J connectivity index is 2.71. The molecular formula is C14H17N3O2. The summed E-state index contributed by atoms with van der Waals surface area (Å²) in [7, 11) is 0. The molecule has 0 atom stereocenters. The SMILES string of the molecule is CCC(=O)Nn1c(C(C)C)nc2ccccc2c1=O. The van der Waals surface area contributed by atoms with Crippen LogP contribution in [-0.4, -0.2) is 15.6 Å². The van der Waals surface area contributed by atoms with E-state index in [1.165, 1.54) is 4.68 Å². The quantitative estimate of drug-likeness (QED) is 0.917. The summed E-state index contributed by atoms with van der Waals surface area (Å²) < 4.78 is 1.26. The third kappa shape index (κ3) is 2.50. The Kier molecular flexibility index (Phi) is 3.64. The number of nitrogens with one attached hydrogen (secondary N) is 1. The van der Waals surface area contributed by atoms with Crippen molar-refractivity contribution in [1.29, 1.82) is 0 Å². The summed E-state index contributed by atoms with van der Waals surface area (Å²) >= 11 is 0. The Labute approximate surface area is 111 Å². The molecule has 19 heavy (non-hydrogen) atoms. The number of rotatable bonds is 3. The van der Waals surface area contributed by atoms with Crippen molar-refractivity contribution in [3.8, 4) is 0 Å². The Morgan fingerprint density at radius 3 is 2.68 bits per heavy atom. The highest BCUT2D eigenvalue weighted by molar-refractivity contribution is 5.84. The number of hydrogen-bond acceptors (Lipinski definition) is 3. The molecule has 100 valence electrons. The van der Waals surface area contributed by atoms with Gasteiger partial charge in [-0.2, -0.15) is 0 Å². The normalized spacial score (nSPS) is 10.9. The van der Waals surface area contributed by atoms with Gasteiger partial charge in [-0.25, -0.2) is 9.66 Å². The molecule has 0 bridgehead atoms. The van der Waals surface area contributed by atoms with Gasteiger partial charge in [0, 0.05) is 12.3 Å². The summed E-state index contributed by atoms with van der Waals surface area (Å²) in [6.07, 6.45) is 0.316. The van der Waals surface area contributed by atoms with Gasteiger partial charge in [0.1, 0.15) is 5.82 Å². The monoisotopic (exact) mass is 259 g/mol. The zero-order valence-electron chi connectivity index (χ0n) is 11.3. The molecule has 0 spiro atoms. The topological polar surface area (TPSA) is 64.0 Å². The maximum absolute atomic E-state index is 12.4. The van der Waals surface area contributed by atoms with Gasteiger partial charge in [-0.3, -0.25) is 15.0 Å². The molecule has 0 aliphatic carbocycles. The van der Waals surface area contributed by atoms with Crippen molar-refractivity contribution < 1.29 is 4.79 Å². The second-order valence-corrected chi connectivity index (χ2v) is 4.67. The molecule has 0 fully saturated rings.